The molecule has 0 bridgehead atoms. The summed E-state index contributed by atoms with van der Waals surface area (Å²) in [5.41, 5.74) is 1.99. The van der Waals surface area contributed by atoms with Crippen molar-refractivity contribution in [1.82, 2.24) is 5.32 Å². The predicted octanol–water partition coefficient (Wildman–Crippen LogP) is 3.43. The second-order valence-electron chi connectivity index (χ2n) is 4.18. The molecule has 1 aromatic heterocycles. The third-order valence-corrected chi connectivity index (χ3v) is 4.61. The number of carbonyl (C=O) groups is 1. The molecule has 0 fully saturated rings. The maximum absolute atomic E-state index is 10.6. The van der Waals surface area contributed by atoms with E-state index in [1.54, 1.807) is 11.3 Å². The van der Waals surface area contributed by atoms with E-state index in [9.17, 15) is 4.79 Å². The van der Waals surface area contributed by atoms with E-state index in [-0.39, 0.29) is 6.42 Å². The van der Waals surface area contributed by atoms with Gasteiger partial charge in [-0.15, -0.1) is 11.3 Å². The van der Waals surface area contributed by atoms with Gasteiger partial charge in [0.1, 0.15) is 0 Å². The van der Waals surface area contributed by atoms with Crippen molar-refractivity contribution in [1.29, 1.82) is 0 Å². The van der Waals surface area contributed by atoms with Crippen LogP contribution in [0, 0.1) is 0 Å². The Morgan fingerprint density at radius 3 is 2.42 bits per heavy atom. The Kier molecular flexibility index (Phi) is 5.13. The summed E-state index contributed by atoms with van der Waals surface area (Å²) in [5, 5.41) is 14.1. The molecule has 2 aromatic rings. The van der Waals surface area contributed by atoms with Crippen LogP contribution in [-0.4, -0.2) is 11.1 Å². The molecule has 5 heteroatoms. The van der Waals surface area contributed by atoms with E-state index in [0.717, 1.165) is 28.7 Å². The number of benzene rings is 1. The van der Waals surface area contributed by atoms with Gasteiger partial charge in [-0.3, -0.25) is 4.79 Å². The van der Waals surface area contributed by atoms with Crippen molar-refractivity contribution >= 4 is 33.2 Å². The molecule has 0 aliphatic rings. The second kappa shape index (κ2) is 6.84. The highest BCUT2D eigenvalue weighted by molar-refractivity contribution is 9.10. The molecule has 0 unspecified atom stereocenters. The molecule has 0 radical (unpaired) electrons. The SMILES string of the molecule is O=C(O)Cc1ccc(CNCc2sccc2Br)cc1. The van der Waals surface area contributed by atoms with Gasteiger partial charge < -0.3 is 10.4 Å². The zero-order valence-electron chi connectivity index (χ0n) is 10.2. The first-order chi connectivity index (χ1) is 9.15. The van der Waals surface area contributed by atoms with Crippen LogP contribution in [-0.2, 0) is 24.3 Å². The van der Waals surface area contributed by atoms with E-state index in [0.29, 0.717) is 0 Å². The Morgan fingerprint density at radius 2 is 1.84 bits per heavy atom. The van der Waals surface area contributed by atoms with E-state index >= 15 is 0 Å². The zero-order chi connectivity index (χ0) is 13.7. The summed E-state index contributed by atoms with van der Waals surface area (Å²) < 4.78 is 1.14. The Labute approximate surface area is 124 Å². The van der Waals surface area contributed by atoms with E-state index in [1.165, 1.54) is 4.88 Å². The maximum atomic E-state index is 10.6. The molecular formula is C14H14BrNO2S. The maximum Gasteiger partial charge on any atom is 0.307 e. The number of thiophene rings is 1. The van der Waals surface area contributed by atoms with Gasteiger partial charge in [0.05, 0.1) is 6.42 Å². The van der Waals surface area contributed by atoms with Gasteiger partial charge in [-0.1, -0.05) is 24.3 Å². The highest BCUT2D eigenvalue weighted by atomic mass is 79.9. The first-order valence-electron chi connectivity index (χ1n) is 5.87. The highest BCUT2D eigenvalue weighted by Crippen LogP contribution is 2.22. The molecule has 0 aliphatic heterocycles. The minimum atomic E-state index is -0.798. The molecule has 2 rings (SSSR count). The Bertz CT molecular complexity index is 551. The number of aliphatic carboxylic acids is 1. The molecule has 100 valence electrons. The number of hydrogen-bond acceptors (Lipinski definition) is 3. The van der Waals surface area contributed by atoms with Crippen molar-refractivity contribution in [3.8, 4) is 0 Å². The lowest BCUT2D eigenvalue weighted by Crippen LogP contribution is -2.12. The number of hydrogen-bond donors (Lipinski definition) is 2. The second-order valence-corrected chi connectivity index (χ2v) is 6.04. The number of carboxylic acid groups (broad SMARTS) is 1. The van der Waals surface area contributed by atoms with Gasteiger partial charge in [-0.25, -0.2) is 0 Å². The van der Waals surface area contributed by atoms with E-state index in [2.05, 4.69) is 26.6 Å². The fourth-order valence-corrected chi connectivity index (χ4v) is 3.18. The standard InChI is InChI=1S/C14H14BrNO2S/c15-12-5-6-19-13(12)9-16-8-11-3-1-10(2-4-11)7-14(17)18/h1-6,16H,7-9H2,(H,17,18). The highest BCUT2D eigenvalue weighted by Gasteiger charge is 2.02. The lowest BCUT2D eigenvalue weighted by molar-refractivity contribution is -0.136. The number of halogens is 1. The van der Waals surface area contributed by atoms with E-state index in [4.69, 9.17) is 5.11 Å². The largest absolute Gasteiger partial charge is 0.481 e. The predicted molar refractivity (Wildman–Crippen MR) is 80.3 cm³/mol. The van der Waals surface area contributed by atoms with Crippen LogP contribution in [0.4, 0.5) is 0 Å². The minimum Gasteiger partial charge on any atom is -0.481 e. The number of nitrogens with one attached hydrogen (secondary N) is 1. The van der Waals surface area contributed by atoms with Crippen LogP contribution >= 0.6 is 27.3 Å². The first kappa shape index (κ1) is 14.2. The summed E-state index contributed by atoms with van der Waals surface area (Å²) in [7, 11) is 0. The van der Waals surface area contributed by atoms with Crippen LogP contribution in [0.5, 0.6) is 0 Å². The van der Waals surface area contributed by atoms with Crippen molar-refractivity contribution in [2.45, 2.75) is 19.5 Å². The van der Waals surface area contributed by atoms with Gasteiger partial charge in [-0.05, 0) is 38.5 Å². The summed E-state index contributed by atoms with van der Waals surface area (Å²) in [6, 6.07) is 9.71. The van der Waals surface area contributed by atoms with Gasteiger partial charge in [0.25, 0.3) is 0 Å². The Balaban J connectivity index is 1.83. The summed E-state index contributed by atoms with van der Waals surface area (Å²) in [5.74, 6) is -0.798. The number of carboxylic acids is 1. The average Bonchev–Trinajstić information content (AvgIpc) is 2.77. The van der Waals surface area contributed by atoms with Gasteiger partial charge in [-0.2, -0.15) is 0 Å². The van der Waals surface area contributed by atoms with Crippen molar-refractivity contribution in [2.24, 2.45) is 0 Å². The molecule has 0 spiro atoms. The lowest BCUT2D eigenvalue weighted by atomic mass is 10.1. The van der Waals surface area contributed by atoms with E-state index < -0.39 is 5.97 Å². The molecule has 1 heterocycles. The van der Waals surface area contributed by atoms with Crippen molar-refractivity contribution in [3.05, 3.63) is 56.2 Å². The summed E-state index contributed by atoms with van der Waals surface area (Å²) in [4.78, 5) is 11.9. The van der Waals surface area contributed by atoms with E-state index in [1.807, 2.05) is 30.3 Å². The van der Waals surface area contributed by atoms with Gasteiger partial charge >= 0.3 is 5.97 Å². The smallest absolute Gasteiger partial charge is 0.307 e. The Morgan fingerprint density at radius 1 is 1.16 bits per heavy atom. The molecule has 0 saturated heterocycles. The third kappa shape index (κ3) is 4.45. The quantitative estimate of drug-likeness (QED) is 0.847. The first-order valence-corrected chi connectivity index (χ1v) is 7.54. The van der Waals surface area contributed by atoms with Crippen LogP contribution in [0.15, 0.2) is 40.2 Å². The van der Waals surface area contributed by atoms with Gasteiger partial charge in [0, 0.05) is 22.4 Å². The van der Waals surface area contributed by atoms with Crippen LogP contribution in [0.3, 0.4) is 0 Å². The monoisotopic (exact) mass is 339 g/mol. The summed E-state index contributed by atoms with van der Waals surface area (Å²) in [6.45, 7) is 1.60. The molecule has 3 nitrogen and oxygen atoms in total. The van der Waals surface area contributed by atoms with Gasteiger partial charge in [0.15, 0.2) is 0 Å². The van der Waals surface area contributed by atoms with Crippen LogP contribution in [0.2, 0.25) is 0 Å². The topological polar surface area (TPSA) is 49.3 Å². The molecule has 19 heavy (non-hydrogen) atoms. The van der Waals surface area contributed by atoms with Crippen LogP contribution in [0.25, 0.3) is 0 Å². The molecule has 0 aliphatic carbocycles. The Hall–Kier alpha value is -1.17. The third-order valence-electron chi connectivity index (χ3n) is 2.68. The lowest BCUT2D eigenvalue weighted by Gasteiger charge is -2.05. The summed E-state index contributed by atoms with van der Waals surface area (Å²) in [6.07, 6.45) is 0.0792. The zero-order valence-corrected chi connectivity index (χ0v) is 12.6. The molecule has 1 aromatic carbocycles. The van der Waals surface area contributed by atoms with Gasteiger partial charge in [0.2, 0.25) is 0 Å². The van der Waals surface area contributed by atoms with Crippen LogP contribution < -0.4 is 5.32 Å². The average molecular weight is 340 g/mol. The fourth-order valence-electron chi connectivity index (χ4n) is 1.72. The molecular weight excluding hydrogens is 326 g/mol. The fraction of sp³-hybridized carbons (Fsp3) is 0.214. The normalized spacial score (nSPS) is 10.6. The van der Waals surface area contributed by atoms with Crippen molar-refractivity contribution < 1.29 is 9.90 Å². The molecule has 0 saturated carbocycles. The molecule has 0 atom stereocenters. The van der Waals surface area contributed by atoms with Crippen LogP contribution in [0.1, 0.15) is 16.0 Å². The minimum absolute atomic E-state index is 0.0792. The van der Waals surface area contributed by atoms with Crippen molar-refractivity contribution in [3.63, 3.8) is 0 Å². The molecule has 2 N–H and O–H groups in total. The number of rotatable bonds is 6. The van der Waals surface area contributed by atoms with Crippen molar-refractivity contribution in [2.75, 3.05) is 0 Å². The molecule has 0 amide bonds. The summed E-state index contributed by atoms with van der Waals surface area (Å²) >= 11 is 5.22.